The Labute approximate surface area is 214 Å². The van der Waals surface area contributed by atoms with E-state index in [1.807, 2.05) is 65.6 Å². The third-order valence-electron chi connectivity index (χ3n) is 5.50. The molecule has 0 radical (unpaired) electrons. The molecule has 1 fully saturated rings. The van der Waals surface area contributed by atoms with Crippen molar-refractivity contribution < 1.29 is 14.3 Å². The SMILES string of the molecule is O=C(COc1ccccc1)NC(=S)Nc1ccc(N2CCN(C(=O)c3ccccc3)CC2)c(Cl)c1. The van der Waals surface area contributed by atoms with Gasteiger partial charge in [-0.25, -0.2) is 0 Å². The summed E-state index contributed by atoms with van der Waals surface area (Å²) >= 11 is 11.8. The molecule has 9 heteroatoms. The van der Waals surface area contributed by atoms with Gasteiger partial charge >= 0.3 is 0 Å². The number of carbonyl (C=O) groups excluding carboxylic acids is 2. The number of nitrogens with zero attached hydrogens (tertiary/aromatic N) is 2. The predicted octanol–water partition coefficient (Wildman–Crippen LogP) is 4.19. The molecule has 7 nitrogen and oxygen atoms in total. The summed E-state index contributed by atoms with van der Waals surface area (Å²) in [7, 11) is 0. The molecule has 0 saturated carbocycles. The number of amides is 2. The zero-order valence-corrected chi connectivity index (χ0v) is 20.5. The number of piperazine rings is 1. The maximum atomic E-state index is 12.7. The van der Waals surface area contributed by atoms with Gasteiger partial charge in [0.25, 0.3) is 11.8 Å². The van der Waals surface area contributed by atoms with Crippen LogP contribution in [0.2, 0.25) is 5.02 Å². The Hall–Kier alpha value is -3.62. The molecule has 0 spiro atoms. The number of hydrogen-bond donors (Lipinski definition) is 2. The van der Waals surface area contributed by atoms with Gasteiger partial charge in [-0.05, 0) is 54.7 Å². The Bertz CT molecular complexity index is 1190. The van der Waals surface area contributed by atoms with Crippen molar-refractivity contribution in [2.45, 2.75) is 0 Å². The molecule has 0 atom stereocenters. The predicted molar refractivity (Wildman–Crippen MR) is 142 cm³/mol. The van der Waals surface area contributed by atoms with Crippen molar-refractivity contribution in [3.63, 3.8) is 0 Å². The van der Waals surface area contributed by atoms with Crippen molar-refractivity contribution in [3.05, 3.63) is 89.4 Å². The summed E-state index contributed by atoms with van der Waals surface area (Å²) in [6.45, 7) is 2.45. The van der Waals surface area contributed by atoms with Crippen molar-refractivity contribution >= 4 is 52.1 Å². The number of halogens is 1. The topological polar surface area (TPSA) is 73.9 Å². The molecule has 1 saturated heterocycles. The minimum absolute atomic E-state index is 0.0422. The van der Waals surface area contributed by atoms with E-state index in [4.69, 9.17) is 28.6 Å². The minimum atomic E-state index is -0.364. The lowest BCUT2D eigenvalue weighted by Gasteiger charge is -2.36. The molecule has 2 amide bonds. The van der Waals surface area contributed by atoms with Gasteiger partial charge in [0.2, 0.25) is 0 Å². The highest BCUT2D eigenvalue weighted by molar-refractivity contribution is 7.80. The summed E-state index contributed by atoms with van der Waals surface area (Å²) in [5.74, 6) is 0.284. The van der Waals surface area contributed by atoms with E-state index < -0.39 is 0 Å². The molecule has 0 bridgehead atoms. The number of nitrogens with one attached hydrogen (secondary N) is 2. The fourth-order valence-corrected chi connectivity index (χ4v) is 4.28. The molecule has 3 aromatic rings. The van der Waals surface area contributed by atoms with E-state index in [-0.39, 0.29) is 23.5 Å². The van der Waals surface area contributed by atoms with E-state index in [9.17, 15) is 9.59 Å². The van der Waals surface area contributed by atoms with E-state index in [0.29, 0.717) is 48.2 Å². The summed E-state index contributed by atoms with van der Waals surface area (Å²) in [6, 6.07) is 23.9. The Morgan fingerprint density at radius 3 is 2.23 bits per heavy atom. The quantitative estimate of drug-likeness (QED) is 0.486. The Kier molecular flexibility index (Phi) is 8.18. The van der Waals surface area contributed by atoms with Crippen molar-refractivity contribution in [3.8, 4) is 5.75 Å². The van der Waals surface area contributed by atoms with Gasteiger partial charge in [-0.2, -0.15) is 0 Å². The minimum Gasteiger partial charge on any atom is -0.484 e. The number of rotatable bonds is 6. The molecule has 2 N–H and O–H groups in total. The summed E-state index contributed by atoms with van der Waals surface area (Å²) in [5.41, 5.74) is 2.24. The van der Waals surface area contributed by atoms with E-state index in [2.05, 4.69) is 15.5 Å². The second-order valence-electron chi connectivity index (χ2n) is 7.92. The van der Waals surface area contributed by atoms with Crippen LogP contribution >= 0.6 is 23.8 Å². The van der Waals surface area contributed by atoms with Crippen LogP contribution in [0.5, 0.6) is 5.75 Å². The standard InChI is InChI=1S/C26H25ClN4O3S/c27-22-17-20(28-26(35)29-24(32)18-34-21-9-5-2-6-10-21)11-12-23(22)30-13-15-31(16-14-30)25(33)19-7-3-1-4-8-19/h1-12,17H,13-16,18H2,(H2,28,29,32,35). The Balaban J connectivity index is 1.26. The van der Waals surface area contributed by atoms with Crippen molar-refractivity contribution in [1.82, 2.24) is 10.2 Å². The number of benzene rings is 3. The van der Waals surface area contributed by atoms with Crippen LogP contribution in [-0.4, -0.2) is 54.6 Å². The third kappa shape index (κ3) is 6.71. The average molecular weight is 509 g/mol. The highest BCUT2D eigenvalue weighted by atomic mass is 35.5. The van der Waals surface area contributed by atoms with Crippen LogP contribution < -0.4 is 20.3 Å². The summed E-state index contributed by atoms with van der Waals surface area (Å²) < 4.78 is 5.42. The molecule has 180 valence electrons. The first kappa shape index (κ1) is 24.5. The third-order valence-corrected chi connectivity index (χ3v) is 6.01. The second-order valence-corrected chi connectivity index (χ2v) is 8.73. The molecule has 0 unspecified atom stereocenters. The maximum absolute atomic E-state index is 12.7. The van der Waals surface area contributed by atoms with Gasteiger partial charge in [-0.3, -0.25) is 14.9 Å². The van der Waals surface area contributed by atoms with Crippen molar-refractivity contribution in [1.29, 1.82) is 0 Å². The Morgan fingerprint density at radius 1 is 0.914 bits per heavy atom. The summed E-state index contributed by atoms with van der Waals surface area (Å²) in [4.78, 5) is 28.8. The highest BCUT2D eigenvalue weighted by Gasteiger charge is 2.23. The van der Waals surface area contributed by atoms with E-state index in [1.54, 1.807) is 18.2 Å². The van der Waals surface area contributed by atoms with Gasteiger partial charge < -0.3 is 19.9 Å². The molecule has 0 aliphatic carbocycles. The van der Waals surface area contributed by atoms with Crippen molar-refractivity contribution in [2.75, 3.05) is 43.0 Å². The number of ether oxygens (including phenoxy) is 1. The molecule has 1 aliphatic heterocycles. The molecule has 4 rings (SSSR count). The lowest BCUT2D eigenvalue weighted by molar-refractivity contribution is -0.121. The van der Waals surface area contributed by atoms with E-state index in [0.717, 1.165) is 5.69 Å². The van der Waals surface area contributed by atoms with Gasteiger partial charge in [0.15, 0.2) is 11.7 Å². The monoisotopic (exact) mass is 508 g/mol. The van der Waals surface area contributed by atoms with Crippen molar-refractivity contribution in [2.24, 2.45) is 0 Å². The van der Waals surface area contributed by atoms with Crippen LogP contribution in [0, 0.1) is 0 Å². The van der Waals surface area contributed by atoms with Gasteiger partial charge in [0.1, 0.15) is 5.75 Å². The second kappa shape index (κ2) is 11.7. The number of para-hydroxylation sites is 1. The first-order valence-electron chi connectivity index (χ1n) is 11.2. The number of hydrogen-bond acceptors (Lipinski definition) is 5. The molecule has 3 aromatic carbocycles. The largest absolute Gasteiger partial charge is 0.484 e. The van der Waals surface area contributed by atoms with Gasteiger partial charge in [-0.15, -0.1) is 0 Å². The molecular weight excluding hydrogens is 484 g/mol. The molecule has 1 heterocycles. The van der Waals surface area contributed by atoms with Crippen LogP contribution in [0.25, 0.3) is 0 Å². The molecule has 35 heavy (non-hydrogen) atoms. The van der Waals surface area contributed by atoms with E-state index >= 15 is 0 Å². The zero-order valence-electron chi connectivity index (χ0n) is 18.9. The summed E-state index contributed by atoms with van der Waals surface area (Å²) in [6.07, 6.45) is 0. The van der Waals surface area contributed by atoms with Crippen LogP contribution in [-0.2, 0) is 4.79 Å². The lowest BCUT2D eigenvalue weighted by Crippen LogP contribution is -2.48. The molecule has 1 aliphatic rings. The first-order chi connectivity index (χ1) is 17.0. The van der Waals surface area contributed by atoms with Crippen LogP contribution in [0.4, 0.5) is 11.4 Å². The zero-order chi connectivity index (χ0) is 24.6. The fourth-order valence-electron chi connectivity index (χ4n) is 3.75. The average Bonchev–Trinajstić information content (AvgIpc) is 2.88. The normalized spacial score (nSPS) is 13.2. The van der Waals surface area contributed by atoms with Crippen LogP contribution in [0.1, 0.15) is 10.4 Å². The highest BCUT2D eigenvalue weighted by Crippen LogP contribution is 2.30. The van der Waals surface area contributed by atoms with Gasteiger partial charge in [-0.1, -0.05) is 48.0 Å². The lowest BCUT2D eigenvalue weighted by atomic mass is 10.1. The molecular formula is C26H25ClN4O3S. The van der Waals surface area contributed by atoms with Crippen LogP contribution in [0.15, 0.2) is 78.9 Å². The maximum Gasteiger partial charge on any atom is 0.264 e. The molecule has 0 aromatic heterocycles. The number of thiocarbonyl (C=S) groups is 1. The number of anilines is 2. The fraction of sp³-hybridized carbons (Fsp3) is 0.192. The van der Waals surface area contributed by atoms with Gasteiger partial charge in [0, 0.05) is 37.4 Å². The summed E-state index contributed by atoms with van der Waals surface area (Å²) in [5, 5.41) is 6.27. The van der Waals surface area contributed by atoms with Crippen LogP contribution in [0.3, 0.4) is 0 Å². The van der Waals surface area contributed by atoms with Gasteiger partial charge in [0.05, 0.1) is 10.7 Å². The Morgan fingerprint density at radius 2 is 1.57 bits per heavy atom. The smallest absolute Gasteiger partial charge is 0.264 e. The first-order valence-corrected chi connectivity index (χ1v) is 12.0. The van der Waals surface area contributed by atoms with E-state index in [1.165, 1.54) is 0 Å². The number of carbonyl (C=O) groups is 2.